The molecule has 1 aliphatic carbocycles. The zero-order chi connectivity index (χ0) is 16.6. The molecule has 2 aromatic rings. The maximum atomic E-state index is 12.9. The van der Waals surface area contributed by atoms with Crippen LogP contribution in [0.3, 0.4) is 0 Å². The summed E-state index contributed by atoms with van der Waals surface area (Å²) in [6, 6.07) is 1.18. The molecule has 0 radical (unpaired) electrons. The SMILES string of the molecule is Cn1cc(NC(=O)N(Cc2ccoc2)C2CC2)c(C(F)(F)F)n1. The van der Waals surface area contributed by atoms with E-state index in [4.69, 9.17) is 4.42 Å². The average molecular weight is 328 g/mol. The molecule has 0 saturated heterocycles. The van der Waals surface area contributed by atoms with E-state index in [1.54, 1.807) is 6.07 Å². The molecule has 6 nitrogen and oxygen atoms in total. The predicted molar refractivity (Wildman–Crippen MR) is 74.5 cm³/mol. The van der Waals surface area contributed by atoms with Crippen LogP contribution in [0.15, 0.2) is 29.2 Å². The molecule has 0 spiro atoms. The lowest BCUT2D eigenvalue weighted by Crippen LogP contribution is -2.36. The van der Waals surface area contributed by atoms with E-state index >= 15 is 0 Å². The number of carbonyl (C=O) groups excluding carboxylic acids is 1. The average Bonchev–Trinajstić information content (AvgIpc) is 3.02. The Bertz CT molecular complexity index is 689. The number of urea groups is 1. The molecule has 23 heavy (non-hydrogen) atoms. The maximum Gasteiger partial charge on any atom is 0.437 e. The number of hydrogen-bond acceptors (Lipinski definition) is 3. The van der Waals surface area contributed by atoms with Crippen molar-refractivity contribution < 1.29 is 22.4 Å². The summed E-state index contributed by atoms with van der Waals surface area (Å²) in [7, 11) is 1.37. The standard InChI is InChI=1S/C14H15F3N4O2/c1-20-7-11(12(19-20)14(15,16)17)18-13(22)21(10-2-3-10)6-9-4-5-23-8-9/h4-5,7-8,10H,2-3,6H2,1H3,(H,18,22). The van der Waals surface area contributed by atoms with Gasteiger partial charge in [-0.15, -0.1) is 0 Å². The highest BCUT2D eigenvalue weighted by atomic mass is 19.4. The Labute approximate surface area is 129 Å². The van der Waals surface area contributed by atoms with Crippen LogP contribution in [0, 0.1) is 0 Å². The molecule has 3 rings (SSSR count). The van der Waals surface area contributed by atoms with Gasteiger partial charge in [0.15, 0.2) is 5.69 Å². The second kappa shape index (κ2) is 5.64. The first kappa shape index (κ1) is 15.4. The number of anilines is 1. The lowest BCUT2D eigenvalue weighted by Gasteiger charge is -2.22. The third-order valence-corrected chi connectivity index (χ3v) is 3.52. The van der Waals surface area contributed by atoms with E-state index in [-0.39, 0.29) is 18.3 Å². The Balaban J connectivity index is 1.77. The third-order valence-electron chi connectivity index (χ3n) is 3.52. The molecule has 1 fully saturated rings. The van der Waals surface area contributed by atoms with Gasteiger partial charge in [0, 0.05) is 24.8 Å². The molecule has 1 saturated carbocycles. The van der Waals surface area contributed by atoms with E-state index in [0.717, 1.165) is 29.3 Å². The number of hydrogen-bond donors (Lipinski definition) is 1. The van der Waals surface area contributed by atoms with Crippen molar-refractivity contribution in [2.75, 3.05) is 5.32 Å². The van der Waals surface area contributed by atoms with Crippen molar-refractivity contribution in [1.29, 1.82) is 0 Å². The van der Waals surface area contributed by atoms with Crippen LogP contribution in [0.2, 0.25) is 0 Å². The highest BCUT2D eigenvalue weighted by molar-refractivity contribution is 5.90. The second-order valence-corrected chi connectivity index (χ2v) is 5.48. The lowest BCUT2D eigenvalue weighted by atomic mass is 10.3. The Morgan fingerprint density at radius 1 is 1.52 bits per heavy atom. The fourth-order valence-electron chi connectivity index (χ4n) is 2.31. The van der Waals surface area contributed by atoms with Crippen LogP contribution in [0.4, 0.5) is 23.7 Å². The number of nitrogens with zero attached hydrogens (tertiary/aromatic N) is 3. The number of carbonyl (C=O) groups is 1. The molecule has 2 amide bonds. The first-order chi connectivity index (χ1) is 10.8. The van der Waals surface area contributed by atoms with Gasteiger partial charge >= 0.3 is 12.2 Å². The smallest absolute Gasteiger partial charge is 0.437 e. The van der Waals surface area contributed by atoms with Gasteiger partial charge in [-0.05, 0) is 18.9 Å². The highest BCUT2D eigenvalue weighted by Crippen LogP contribution is 2.34. The lowest BCUT2D eigenvalue weighted by molar-refractivity contribution is -0.140. The first-order valence-corrected chi connectivity index (χ1v) is 7.04. The van der Waals surface area contributed by atoms with Gasteiger partial charge in [0.1, 0.15) is 0 Å². The van der Waals surface area contributed by atoms with Gasteiger partial charge in [0.2, 0.25) is 0 Å². The van der Waals surface area contributed by atoms with Crippen LogP contribution in [0.1, 0.15) is 24.1 Å². The minimum Gasteiger partial charge on any atom is -0.472 e. The van der Waals surface area contributed by atoms with Crippen LogP contribution in [0.5, 0.6) is 0 Å². The number of halogens is 3. The summed E-state index contributed by atoms with van der Waals surface area (Å²) in [5, 5.41) is 5.70. The predicted octanol–water partition coefficient (Wildman–Crippen LogP) is 3.23. The number of rotatable bonds is 4. The van der Waals surface area contributed by atoms with Crippen molar-refractivity contribution in [2.24, 2.45) is 7.05 Å². The van der Waals surface area contributed by atoms with Crippen molar-refractivity contribution in [3.05, 3.63) is 36.0 Å². The molecule has 2 heterocycles. The number of furan rings is 1. The molecule has 0 unspecified atom stereocenters. The third kappa shape index (κ3) is 3.49. The zero-order valence-electron chi connectivity index (χ0n) is 12.3. The molecule has 1 aliphatic rings. The summed E-state index contributed by atoms with van der Waals surface area (Å²) in [6.45, 7) is 0.286. The van der Waals surface area contributed by atoms with Crippen molar-refractivity contribution in [3.8, 4) is 0 Å². The quantitative estimate of drug-likeness (QED) is 0.937. The Morgan fingerprint density at radius 2 is 2.26 bits per heavy atom. The summed E-state index contributed by atoms with van der Waals surface area (Å²) >= 11 is 0. The number of aromatic nitrogens is 2. The van der Waals surface area contributed by atoms with Gasteiger partial charge in [-0.3, -0.25) is 4.68 Å². The summed E-state index contributed by atoms with van der Waals surface area (Å²) in [5.41, 5.74) is -0.662. The van der Waals surface area contributed by atoms with Gasteiger partial charge in [0.05, 0.1) is 24.8 Å². The van der Waals surface area contributed by atoms with Gasteiger partial charge in [0.25, 0.3) is 0 Å². The molecule has 2 aromatic heterocycles. The van der Waals surface area contributed by atoms with Crippen molar-refractivity contribution in [2.45, 2.75) is 31.6 Å². The van der Waals surface area contributed by atoms with Gasteiger partial charge < -0.3 is 14.6 Å². The van der Waals surface area contributed by atoms with E-state index in [2.05, 4.69) is 10.4 Å². The topological polar surface area (TPSA) is 63.3 Å². The molecule has 0 aromatic carbocycles. The molecule has 0 aliphatic heterocycles. The van der Waals surface area contributed by atoms with Crippen LogP contribution in [0.25, 0.3) is 0 Å². The molecule has 0 bridgehead atoms. The Hall–Kier alpha value is -2.45. The second-order valence-electron chi connectivity index (χ2n) is 5.48. The van der Waals surface area contributed by atoms with Crippen LogP contribution < -0.4 is 5.32 Å². The van der Waals surface area contributed by atoms with Crippen LogP contribution in [-0.2, 0) is 19.8 Å². The monoisotopic (exact) mass is 328 g/mol. The molecular weight excluding hydrogens is 313 g/mol. The van der Waals surface area contributed by atoms with Crippen molar-refractivity contribution >= 4 is 11.7 Å². The minimum atomic E-state index is -4.63. The number of nitrogens with one attached hydrogen (secondary N) is 1. The summed E-state index contributed by atoms with van der Waals surface area (Å²) in [4.78, 5) is 13.9. The molecule has 9 heteroatoms. The van der Waals surface area contributed by atoms with Gasteiger partial charge in [-0.1, -0.05) is 0 Å². The van der Waals surface area contributed by atoms with E-state index in [1.165, 1.54) is 24.5 Å². The summed E-state index contributed by atoms with van der Waals surface area (Å²) in [5.74, 6) is 0. The number of alkyl halides is 3. The maximum absolute atomic E-state index is 12.9. The fraction of sp³-hybridized carbons (Fsp3) is 0.429. The fourth-order valence-corrected chi connectivity index (χ4v) is 2.31. The molecule has 0 atom stereocenters. The highest BCUT2D eigenvalue weighted by Gasteiger charge is 2.39. The number of aryl methyl sites for hydroxylation is 1. The minimum absolute atomic E-state index is 0.0379. The number of amides is 2. The zero-order valence-corrected chi connectivity index (χ0v) is 12.3. The van der Waals surface area contributed by atoms with E-state index in [0.29, 0.717) is 0 Å². The Kier molecular flexibility index (Phi) is 3.78. The van der Waals surface area contributed by atoms with Crippen LogP contribution in [-0.4, -0.2) is 26.8 Å². The van der Waals surface area contributed by atoms with Crippen LogP contribution >= 0.6 is 0 Å². The molecule has 124 valence electrons. The summed E-state index contributed by atoms with van der Waals surface area (Å²) < 4.78 is 44.8. The van der Waals surface area contributed by atoms with E-state index in [1.807, 2.05) is 0 Å². The van der Waals surface area contributed by atoms with E-state index < -0.39 is 17.9 Å². The van der Waals surface area contributed by atoms with E-state index in [9.17, 15) is 18.0 Å². The van der Waals surface area contributed by atoms with Crippen molar-refractivity contribution in [3.63, 3.8) is 0 Å². The normalized spacial score (nSPS) is 14.8. The first-order valence-electron chi connectivity index (χ1n) is 7.04. The molecule has 1 N–H and O–H groups in total. The van der Waals surface area contributed by atoms with Gasteiger partial charge in [-0.2, -0.15) is 18.3 Å². The van der Waals surface area contributed by atoms with Gasteiger partial charge in [-0.25, -0.2) is 4.79 Å². The van der Waals surface area contributed by atoms with Crippen molar-refractivity contribution in [1.82, 2.24) is 14.7 Å². The summed E-state index contributed by atoms with van der Waals surface area (Å²) in [6.07, 6.45) is 1.19. The molecular formula is C14H15F3N4O2. The Morgan fingerprint density at radius 3 is 2.83 bits per heavy atom. The largest absolute Gasteiger partial charge is 0.472 e.